The molecule has 1 aliphatic rings. The van der Waals surface area contributed by atoms with E-state index >= 15 is 0 Å². The highest BCUT2D eigenvalue weighted by Gasteiger charge is 2.33. The first-order chi connectivity index (χ1) is 13.9. The number of carbonyl (C=O) groups is 1. The van der Waals surface area contributed by atoms with Crippen LogP contribution >= 0.6 is 0 Å². The molecule has 152 valence electrons. The van der Waals surface area contributed by atoms with Crippen molar-refractivity contribution >= 4 is 16.8 Å². The Morgan fingerprint density at radius 3 is 2.79 bits per heavy atom. The maximum absolute atomic E-state index is 13.2. The summed E-state index contributed by atoms with van der Waals surface area (Å²) in [6.07, 6.45) is 0.343. The van der Waals surface area contributed by atoms with Crippen molar-refractivity contribution in [2.75, 3.05) is 13.1 Å². The summed E-state index contributed by atoms with van der Waals surface area (Å²) >= 11 is 0. The highest BCUT2D eigenvalue weighted by Crippen LogP contribution is 2.33. The Balaban J connectivity index is 1.42. The van der Waals surface area contributed by atoms with Gasteiger partial charge >= 0.3 is 6.18 Å². The Morgan fingerprint density at radius 2 is 1.97 bits per heavy atom. The van der Waals surface area contributed by atoms with Gasteiger partial charge in [0.2, 0.25) is 0 Å². The number of carbonyl (C=O) groups excluding carboxylic acids is 1. The fourth-order valence-electron chi connectivity index (χ4n) is 4.22. The summed E-state index contributed by atoms with van der Waals surface area (Å²) in [6.45, 7) is 1.28. The molecule has 1 aliphatic heterocycles. The summed E-state index contributed by atoms with van der Waals surface area (Å²) in [6, 6.07) is 13.4. The second-order valence-corrected chi connectivity index (χ2v) is 7.73. The second-order valence-electron chi connectivity index (χ2n) is 7.73. The lowest BCUT2D eigenvalue weighted by molar-refractivity contribution is -0.138. The molecule has 0 bridgehead atoms. The van der Waals surface area contributed by atoms with Crippen molar-refractivity contribution in [1.29, 1.82) is 0 Å². The predicted octanol–water partition coefficient (Wildman–Crippen LogP) is 5.67. The third kappa shape index (κ3) is 4.31. The van der Waals surface area contributed by atoms with Crippen molar-refractivity contribution in [3.8, 4) is 0 Å². The van der Waals surface area contributed by atoms with Crippen LogP contribution in [0.4, 0.5) is 13.2 Å². The molecule has 6 heteroatoms. The third-order valence-corrected chi connectivity index (χ3v) is 5.75. The van der Waals surface area contributed by atoms with Crippen LogP contribution in [0.3, 0.4) is 0 Å². The van der Waals surface area contributed by atoms with Gasteiger partial charge in [-0.25, -0.2) is 0 Å². The number of fused-ring (bicyclic) bond motifs is 1. The zero-order valence-corrected chi connectivity index (χ0v) is 16.0. The fourth-order valence-corrected chi connectivity index (χ4v) is 4.22. The summed E-state index contributed by atoms with van der Waals surface area (Å²) in [4.78, 5) is 17.9. The summed E-state index contributed by atoms with van der Waals surface area (Å²) in [5.41, 5.74) is 1.35. The standard InChI is InChI=1S/C23H23F3N2O/c24-23(25,26)20-6-2-1-5-17(20)8-7-16-4-3-13-28(15-16)22(29)19-10-9-18-11-12-27-21(18)14-19/h1-2,5-6,9-12,14,16,27H,3-4,7-8,13,15H2/t16-/m0/s1. The van der Waals surface area contributed by atoms with E-state index in [1.165, 1.54) is 6.07 Å². The number of alkyl halides is 3. The average molecular weight is 400 g/mol. The molecule has 2 heterocycles. The van der Waals surface area contributed by atoms with Crippen molar-refractivity contribution in [2.24, 2.45) is 5.92 Å². The van der Waals surface area contributed by atoms with Gasteiger partial charge in [-0.15, -0.1) is 0 Å². The molecule has 3 aromatic rings. The molecule has 4 rings (SSSR count). The first kappa shape index (κ1) is 19.6. The maximum Gasteiger partial charge on any atom is 0.416 e. The number of halogens is 3. The lowest BCUT2D eigenvalue weighted by Crippen LogP contribution is -2.40. The number of likely N-dealkylation sites (tertiary alicyclic amines) is 1. The Kier molecular flexibility index (Phi) is 5.35. The first-order valence-corrected chi connectivity index (χ1v) is 9.93. The minimum atomic E-state index is -4.33. The molecular weight excluding hydrogens is 377 g/mol. The van der Waals surface area contributed by atoms with E-state index < -0.39 is 11.7 Å². The fraction of sp³-hybridized carbons (Fsp3) is 0.348. The van der Waals surface area contributed by atoms with Crippen LogP contribution in [-0.2, 0) is 12.6 Å². The van der Waals surface area contributed by atoms with Crippen molar-refractivity contribution in [3.63, 3.8) is 0 Å². The van der Waals surface area contributed by atoms with Gasteiger partial charge in [0.1, 0.15) is 0 Å². The monoisotopic (exact) mass is 400 g/mol. The SMILES string of the molecule is O=C(c1ccc2cc[nH]c2c1)N1CCC[C@@H](CCc2ccccc2C(F)(F)F)C1. The molecule has 1 fully saturated rings. The van der Waals surface area contributed by atoms with Gasteiger partial charge in [-0.2, -0.15) is 13.2 Å². The van der Waals surface area contributed by atoms with E-state index in [-0.39, 0.29) is 11.8 Å². The van der Waals surface area contributed by atoms with Gasteiger partial charge in [0, 0.05) is 30.4 Å². The number of H-pyrrole nitrogens is 1. The predicted molar refractivity (Wildman–Crippen MR) is 107 cm³/mol. The van der Waals surface area contributed by atoms with E-state index in [1.807, 2.05) is 35.4 Å². The Hall–Kier alpha value is -2.76. The average Bonchev–Trinajstić information content (AvgIpc) is 3.19. The van der Waals surface area contributed by atoms with Crippen LogP contribution in [-0.4, -0.2) is 28.9 Å². The highest BCUT2D eigenvalue weighted by molar-refractivity contribution is 5.98. The topological polar surface area (TPSA) is 36.1 Å². The molecule has 0 spiro atoms. The summed E-state index contributed by atoms with van der Waals surface area (Å²) in [5, 5.41) is 1.06. The minimum absolute atomic E-state index is 0.0121. The van der Waals surface area contributed by atoms with Gasteiger partial charge in [0.15, 0.2) is 0 Å². The van der Waals surface area contributed by atoms with Crippen LogP contribution in [0.5, 0.6) is 0 Å². The number of hydrogen-bond acceptors (Lipinski definition) is 1. The second kappa shape index (κ2) is 7.93. The summed E-state index contributed by atoms with van der Waals surface area (Å²) in [7, 11) is 0. The molecule has 0 saturated carbocycles. The van der Waals surface area contributed by atoms with Gasteiger partial charge in [0.25, 0.3) is 5.91 Å². The van der Waals surface area contributed by atoms with Gasteiger partial charge in [-0.05, 0) is 66.8 Å². The lowest BCUT2D eigenvalue weighted by atomic mass is 9.90. The zero-order valence-electron chi connectivity index (χ0n) is 16.0. The van der Waals surface area contributed by atoms with E-state index in [1.54, 1.807) is 12.1 Å². The molecule has 0 unspecified atom stereocenters. The van der Waals surface area contributed by atoms with Crippen LogP contribution in [0.15, 0.2) is 54.7 Å². The smallest absolute Gasteiger partial charge is 0.361 e. The minimum Gasteiger partial charge on any atom is -0.361 e. The van der Waals surface area contributed by atoms with Crippen molar-refractivity contribution in [2.45, 2.75) is 31.9 Å². The Bertz CT molecular complexity index is 1010. The number of hydrogen-bond donors (Lipinski definition) is 1. The van der Waals surface area contributed by atoms with Crippen LogP contribution in [0.2, 0.25) is 0 Å². The Morgan fingerprint density at radius 1 is 1.14 bits per heavy atom. The molecule has 0 radical (unpaired) electrons. The number of amides is 1. The molecule has 1 amide bonds. The number of nitrogens with zero attached hydrogens (tertiary/aromatic N) is 1. The molecule has 2 aromatic carbocycles. The van der Waals surface area contributed by atoms with Gasteiger partial charge in [0.05, 0.1) is 5.56 Å². The third-order valence-electron chi connectivity index (χ3n) is 5.75. The van der Waals surface area contributed by atoms with E-state index in [4.69, 9.17) is 0 Å². The maximum atomic E-state index is 13.2. The van der Waals surface area contributed by atoms with E-state index in [2.05, 4.69) is 4.98 Å². The van der Waals surface area contributed by atoms with Gasteiger partial charge in [-0.3, -0.25) is 4.79 Å². The lowest BCUT2D eigenvalue weighted by Gasteiger charge is -2.33. The molecule has 1 saturated heterocycles. The molecule has 1 atom stereocenters. The summed E-state index contributed by atoms with van der Waals surface area (Å²) < 4.78 is 39.6. The van der Waals surface area contributed by atoms with Gasteiger partial charge < -0.3 is 9.88 Å². The summed E-state index contributed by atoms with van der Waals surface area (Å²) in [5.74, 6) is 0.199. The number of aryl methyl sites for hydroxylation is 1. The quantitative estimate of drug-likeness (QED) is 0.602. The molecule has 1 N–H and O–H groups in total. The molecule has 3 nitrogen and oxygen atoms in total. The first-order valence-electron chi connectivity index (χ1n) is 9.93. The number of nitrogens with one attached hydrogen (secondary N) is 1. The highest BCUT2D eigenvalue weighted by atomic mass is 19.4. The normalized spacial score (nSPS) is 17.6. The zero-order chi connectivity index (χ0) is 20.4. The molecular formula is C23H23F3N2O. The van der Waals surface area contributed by atoms with Crippen LogP contribution < -0.4 is 0 Å². The van der Waals surface area contributed by atoms with Crippen molar-refractivity contribution in [3.05, 3.63) is 71.4 Å². The van der Waals surface area contributed by atoms with Crippen molar-refractivity contribution < 1.29 is 18.0 Å². The number of benzene rings is 2. The number of rotatable bonds is 4. The largest absolute Gasteiger partial charge is 0.416 e. The van der Waals surface area contributed by atoms with Crippen LogP contribution in [0.1, 0.15) is 40.7 Å². The van der Waals surface area contributed by atoms with Crippen LogP contribution in [0.25, 0.3) is 10.9 Å². The number of piperidine rings is 1. The molecule has 29 heavy (non-hydrogen) atoms. The van der Waals surface area contributed by atoms with E-state index in [9.17, 15) is 18.0 Å². The van der Waals surface area contributed by atoms with Crippen molar-refractivity contribution in [1.82, 2.24) is 9.88 Å². The number of aromatic nitrogens is 1. The molecule has 0 aliphatic carbocycles. The van der Waals surface area contributed by atoms with E-state index in [0.717, 1.165) is 29.8 Å². The van der Waals surface area contributed by atoms with Crippen LogP contribution in [0, 0.1) is 5.92 Å². The van der Waals surface area contributed by atoms with E-state index in [0.29, 0.717) is 37.1 Å². The number of aromatic amines is 1. The molecule has 1 aromatic heterocycles. The van der Waals surface area contributed by atoms with Gasteiger partial charge in [-0.1, -0.05) is 24.3 Å². The Labute approximate surface area is 167 Å².